The summed E-state index contributed by atoms with van der Waals surface area (Å²) in [4.78, 5) is 0. The molecule has 2 aromatic rings. The molecule has 0 radical (unpaired) electrons. The zero-order chi connectivity index (χ0) is 12.5. The summed E-state index contributed by atoms with van der Waals surface area (Å²) in [6.45, 7) is 0. The van der Waals surface area contributed by atoms with Crippen LogP contribution in [0.25, 0.3) is 5.69 Å². The van der Waals surface area contributed by atoms with Crippen LogP contribution in [0.2, 0.25) is 0 Å². The standard InChI is InChI=1S/C15H18N2O/c1-18-15-8-3-2-6-14(15)17-10-9-11-12(16)5-4-7-13(11)17/h2-3,6,8-10,12H,4-5,7,16H2,1H3. The fraction of sp³-hybridized carbons (Fsp3) is 0.333. The molecule has 1 aliphatic rings. The molecule has 1 heterocycles. The van der Waals surface area contributed by atoms with E-state index >= 15 is 0 Å². The monoisotopic (exact) mass is 242 g/mol. The van der Waals surface area contributed by atoms with Gasteiger partial charge in [-0.15, -0.1) is 0 Å². The number of methoxy groups -OCH3 is 1. The zero-order valence-electron chi connectivity index (χ0n) is 10.6. The Morgan fingerprint density at radius 1 is 1.28 bits per heavy atom. The fourth-order valence-corrected chi connectivity index (χ4v) is 2.78. The molecule has 2 N–H and O–H groups in total. The lowest BCUT2D eigenvalue weighted by molar-refractivity contribution is 0.412. The number of nitrogens with zero attached hydrogens (tertiary/aromatic N) is 1. The number of hydrogen-bond acceptors (Lipinski definition) is 2. The molecule has 1 unspecified atom stereocenters. The highest BCUT2D eigenvalue weighted by atomic mass is 16.5. The first-order chi connectivity index (χ1) is 8.81. The highest BCUT2D eigenvalue weighted by molar-refractivity contribution is 5.49. The van der Waals surface area contributed by atoms with Gasteiger partial charge in [0.15, 0.2) is 0 Å². The number of para-hydroxylation sites is 2. The van der Waals surface area contributed by atoms with E-state index in [9.17, 15) is 0 Å². The van der Waals surface area contributed by atoms with Crippen molar-refractivity contribution >= 4 is 0 Å². The summed E-state index contributed by atoms with van der Waals surface area (Å²) in [7, 11) is 1.71. The SMILES string of the molecule is COc1ccccc1-n1ccc2c1CCCC2N. The molecule has 0 spiro atoms. The number of aromatic nitrogens is 1. The van der Waals surface area contributed by atoms with Crippen LogP contribution in [0.3, 0.4) is 0 Å². The van der Waals surface area contributed by atoms with Gasteiger partial charge in [0.2, 0.25) is 0 Å². The largest absolute Gasteiger partial charge is 0.495 e. The average molecular weight is 242 g/mol. The Balaban J connectivity index is 2.13. The van der Waals surface area contributed by atoms with E-state index in [1.165, 1.54) is 11.3 Å². The molecule has 1 aliphatic carbocycles. The second kappa shape index (κ2) is 4.50. The molecule has 0 bridgehead atoms. The molecule has 1 aromatic carbocycles. The van der Waals surface area contributed by atoms with Crippen LogP contribution in [0.5, 0.6) is 5.75 Å². The lowest BCUT2D eigenvalue weighted by Gasteiger charge is -2.21. The Morgan fingerprint density at radius 2 is 2.11 bits per heavy atom. The molecule has 3 nitrogen and oxygen atoms in total. The fourth-order valence-electron chi connectivity index (χ4n) is 2.78. The second-order valence-electron chi connectivity index (χ2n) is 4.76. The van der Waals surface area contributed by atoms with Crippen molar-refractivity contribution in [2.75, 3.05) is 7.11 Å². The van der Waals surface area contributed by atoms with Gasteiger partial charge in [-0.2, -0.15) is 0 Å². The minimum Gasteiger partial charge on any atom is -0.495 e. The summed E-state index contributed by atoms with van der Waals surface area (Å²) in [6, 6.07) is 10.4. The molecule has 1 atom stereocenters. The van der Waals surface area contributed by atoms with E-state index in [0.29, 0.717) is 0 Å². The number of nitrogens with two attached hydrogens (primary N) is 1. The van der Waals surface area contributed by atoms with E-state index in [4.69, 9.17) is 10.5 Å². The Labute approximate surface area is 107 Å². The smallest absolute Gasteiger partial charge is 0.142 e. The van der Waals surface area contributed by atoms with E-state index in [2.05, 4.69) is 22.9 Å². The van der Waals surface area contributed by atoms with Gasteiger partial charge in [0.25, 0.3) is 0 Å². The number of hydrogen-bond donors (Lipinski definition) is 1. The number of rotatable bonds is 2. The van der Waals surface area contributed by atoms with Gasteiger partial charge in [0, 0.05) is 17.9 Å². The van der Waals surface area contributed by atoms with Crippen molar-refractivity contribution in [1.29, 1.82) is 0 Å². The van der Waals surface area contributed by atoms with E-state index in [1.807, 2.05) is 18.2 Å². The zero-order valence-corrected chi connectivity index (χ0v) is 10.6. The topological polar surface area (TPSA) is 40.2 Å². The molecule has 18 heavy (non-hydrogen) atoms. The van der Waals surface area contributed by atoms with Gasteiger partial charge in [-0.1, -0.05) is 12.1 Å². The van der Waals surface area contributed by atoms with Crippen molar-refractivity contribution < 1.29 is 4.74 Å². The molecule has 0 amide bonds. The van der Waals surface area contributed by atoms with Gasteiger partial charge >= 0.3 is 0 Å². The van der Waals surface area contributed by atoms with Crippen LogP contribution in [-0.2, 0) is 6.42 Å². The molecule has 3 heteroatoms. The Morgan fingerprint density at radius 3 is 2.94 bits per heavy atom. The normalized spacial score (nSPS) is 18.4. The molecule has 1 aromatic heterocycles. The second-order valence-corrected chi connectivity index (χ2v) is 4.76. The van der Waals surface area contributed by atoms with Gasteiger partial charge in [-0.25, -0.2) is 0 Å². The quantitative estimate of drug-likeness (QED) is 0.879. The predicted octanol–water partition coefficient (Wildman–Crippen LogP) is 2.82. The first kappa shape index (κ1) is 11.4. The Hall–Kier alpha value is -1.74. The van der Waals surface area contributed by atoms with Crippen LogP contribution in [0.1, 0.15) is 30.1 Å². The van der Waals surface area contributed by atoms with E-state index in [-0.39, 0.29) is 6.04 Å². The highest BCUT2D eigenvalue weighted by Crippen LogP contribution is 2.33. The lowest BCUT2D eigenvalue weighted by atomic mass is 9.93. The molecule has 0 saturated carbocycles. The van der Waals surface area contributed by atoms with Crippen LogP contribution < -0.4 is 10.5 Å². The van der Waals surface area contributed by atoms with E-state index < -0.39 is 0 Å². The number of ether oxygens (including phenoxy) is 1. The van der Waals surface area contributed by atoms with Crippen LogP contribution >= 0.6 is 0 Å². The Kier molecular flexibility index (Phi) is 2.84. The van der Waals surface area contributed by atoms with Crippen LogP contribution in [-0.4, -0.2) is 11.7 Å². The minimum absolute atomic E-state index is 0.185. The first-order valence-electron chi connectivity index (χ1n) is 6.40. The highest BCUT2D eigenvalue weighted by Gasteiger charge is 2.21. The van der Waals surface area contributed by atoms with Gasteiger partial charge in [0.05, 0.1) is 12.8 Å². The Bertz CT molecular complexity index is 559. The van der Waals surface area contributed by atoms with E-state index in [0.717, 1.165) is 30.7 Å². The summed E-state index contributed by atoms with van der Waals surface area (Å²) >= 11 is 0. The predicted molar refractivity (Wildman–Crippen MR) is 72.2 cm³/mol. The maximum Gasteiger partial charge on any atom is 0.142 e. The molecular formula is C15H18N2O. The van der Waals surface area contributed by atoms with Gasteiger partial charge in [0.1, 0.15) is 5.75 Å². The number of benzene rings is 1. The molecule has 94 valence electrons. The summed E-state index contributed by atoms with van der Waals surface area (Å²) in [5, 5.41) is 0. The van der Waals surface area contributed by atoms with Crippen molar-refractivity contribution in [3.63, 3.8) is 0 Å². The van der Waals surface area contributed by atoms with Crippen molar-refractivity contribution in [1.82, 2.24) is 4.57 Å². The molecular weight excluding hydrogens is 224 g/mol. The third-order valence-corrected chi connectivity index (χ3v) is 3.70. The van der Waals surface area contributed by atoms with E-state index in [1.54, 1.807) is 7.11 Å². The molecule has 0 fully saturated rings. The third kappa shape index (κ3) is 1.71. The maximum absolute atomic E-state index is 6.16. The van der Waals surface area contributed by atoms with Crippen molar-refractivity contribution in [2.45, 2.75) is 25.3 Å². The molecule has 3 rings (SSSR count). The molecule has 0 aliphatic heterocycles. The third-order valence-electron chi connectivity index (χ3n) is 3.70. The van der Waals surface area contributed by atoms with Crippen molar-refractivity contribution in [3.05, 3.63) is 47.8 Å². The van der Waals surface area contributed by atoms with Crippen molar-refractivity contribution in [3.8, 4) is 11.4 Å². The van der Waals surface area contributed by atoms with Crippen molar-refractivity contribution in [2.24, 2.45) is 5.73 Å². The minimum atomic E-state index is 0.185. The average Bonchev–Trinajstić information content (AvgIpc) is 2.84. The van der Waals surface area contributed by atoms with Gasteiger partial charge in [-0.05, 0) is 43.0 Å². The lowest BCUT2D eigenvalue weighted by Crippen LogP contribution is -2.17. The summed E-state index contributed by atoms with van der Waals surface area (Å²) in [5.74, 6) is 0.898. The molecule has 0 saturated heterocycles. The van der Waals surface area contributed by atoms with Crippen LogP contribution in [0.4, 0.5) is 0 Å². The van der Waals surface area contributed by atoms with Crippen LogP contribution in [0, 0.1) is 0 Å². The van der Waals surface area contributed by atoms with Crippen LogP contribution in [0.15, 0.2) is 36.5 Å². The summed E-state index contributed by atoms with van der Waals surface area (Å²) < 4.78 is 7.65. The van der Waals surface area contributed by atoms with Gasteiger partial charge in [-0.3, -0.25) is 0 Å². The number of fused-ring (bicyclic) bond motifs is 1. The summed E-state index contributed by atoms with van der Waals surface area (Å²) in [6.07, 6.45) is 5.44. The first-order valence-corrected chi connectivity index (χ1v) is 6.40. The maximum atomic E-state index is 6.16. The van der Waals surface area contributed by atoms with Gasteiger partial charge < -0.3 is 15.0 Å². The summed E-state index contributed by atoms with van der Waals surface area (Å²) in [5.41, 5.74) is 9.87.